The maximum atomic E-state index is 6.29. The fraction of sp³-hybridized carbons (Fsp3) is 0.625. The van der Waals surface area contributed by atoms with Gasteiger partial charge in [0, 0.05) is 11.5 Å². The van der Waals surface area contributed by atoms with Crippen LogP contribution in [-0.2, 0) is 0 Å². The van der Waals surface area contributed by atoms with E-state index in [0.717, 1.165) is 29.3 Å². The highest BCUT2D eigenvalue weighted by molar-refractivity contribution is 5.53. The van der Waals surface area contributed by atoms with Crippen LogP contribution in [0.4, 0.5) is 0 Å². The van der Waals surface area contributed by atoms with Crippen molar-refractivity contribution in [2.75, 3.05) is 7.11 Å². The van der Waals surface area contributed by atoms with E-state index in [0.29, 0.717) is 12.0 Å². The highest BCUT2D eigenvalue weighted by Crippen LogP contribution is 2.63. The van der Waals surface area contributed by atoms with Crippen LogP contribution in [0.1, 0.15) is 37.7 Å². The molecule has 0 spiro atoms. The number of rotatable bonds is 2. The summed E-state index contributed by atoms with van der Waals surface area (Å²) < 4.78 is 11.7. The van der Waals surface area contributed by atoms with Gasteiger partial charge in [0.2, 0.25) is 0 Å². The second-order valence-corrected chi connectivity index (χ2v) is 6.05. The molecule has 0 amide bonds. The van der Waals surface area contributed by atoms with Gasteiger partial charge in [0.25, 0.3) is 0 Å². The molecule has 2 aliphatic carbocycles. The standard InChI is InChI=1S/C16H20O2/c1-3-9-7-10-8-12(9)16-14(10)11-5-4-6-13(17-2)15(11)18-16/h4-6,9-10,12,14,16H,3,7-8H2,1-2H3. The summed E-state index contributed by atoms with van der Waals surface area (Å²) in [6.07, 6.45) is 4.52. The second kappa shape index (κ2) is 3.66. The molecule has 96 valence electrons. The minimum absolute atomic E-state index is 0.431. The third-order valence-corrected chi connectivity index (χ3v) is 5.44. The molecule has 2 fully saturated rings. The Morgan fingerprint density at radius 1 is 1.33 bits per heavy atom. The van der Waals surface area contributed by atoms with Crippen molar-refractivity contribution in [3.8, 4) is 11.5 Å². The summed E-state index contributed by atoms with van der Waals surface area (Å²) in [6.45, 7) is 2.32. The summed E-state index contributed by atoms with van der Waals surface area (Å²) in [7, 11) is 1.73. The van der Waals surface area contributed by atoms with E-state index < -0.39 is 0 Å². The van der Waals surface area contributed by atoms with Crippen molar-refractivity contribution in [2.24, 2.45) is 17.8 Å². The van der Waals surface area contributed by atoms with Crippen LogP contribution in [0.3, 0.4) is 0 Å². The van der Waals surface area contributed by atoms with Gasteiger partial charge in [0.1, 0.15) is 6.10 Å². The van der Waals surface area contributed by atoms with Gasteiger partial charge < -0.3 is 9.47 Å². The molecule has 0 saturated heterocycles. The molecule has 1 aliphatic heterocycles. The predicted molar refractivity (Wildman–Crippen MR) is 70.1 cm³/mol. The number of hydrogen-bond donors (Lipinski definition) is 0. The third kappa shape index (κ3) is 1.19. The average molecular weight is 244 g/mol. The van der Waals surface area contributed by atoms with Crippen LogP contribution in [0.25, 0.3) is 0 Å². The van der Waals surface area contributed by atoms with Gasteiger partial charge in [0.15, 0.2) is 11.5 Å². The molecule has 2 bridgehead atoms. The number of benzene rings is 1. The van der Waals surface area contributed by atoms with Gasteiger partial charge in [-0.1, -0.05) is 25.5 Å². The first-order valence-electron chi connectivity index (χ1n) is 7.17. The van der Waals surface area contributed by atoms with Gasteiger partial charge >= 0.3 is 0 Å². The van der Waals surface area contributed by atoms with Crippen LogP contribution >= 0.6 is 0 Å². The minimum atomic E-state index is 0.431. The Morgan fingerprint density at radius 2 is 2.22 bits per heavy atom. The molecule has 1 aromatic carbocycles. The summed E-state index contributed by atoms with van der Waals surface area (Å²) >= 11 is 0. The lowest BCUT2D eigenvalue weighted by atomic mass is 9.77. The average Bonchev–Trinajstić information content (AvgIpc) is 3.06. The van der Waals surface area contributed by atoms with Gasteiger partial charge in [-0.2, -0.15) is 0 Å². The lowest BCUT2D eigenvalue weighted by molar-refractivity contribution is 0.106. The highest BCUT2D eigenvalue weighted by atomic mass is 16.5. The van der Waals surface area contributed by atoms with Crippen molar-refractivity contribution >= 4 is 0 Å². The van der Waals surface area contributed by atoms with E-state index in [1.807, 2.05) is 6.07 Å². The summed E-state index contributed by atoms with van der Waals surface area (Å²) in [6, 6.07) is 6.36. The van der Waals surface area contributed by atoms with Gasteiger partial charge in [-0.3, -0.25) is 0 Å². The van der Waals surface area contributed by atoms with E-state index in [1.165, 1.54) is 24.8 Å². The second-order valence-electron chi connectivity index (χ2n) is 6.05. The predicted octanol–water partition coefficient (Wildman–Crippen LogP) is 3.61. The molecule has 18 heavy (non-hydrogen) atoms. The smallest absolute Gasteiger partial charge is 0.165 e. The topological polar surface area (TPSA) is 18.5 Å². The first-order chi connectivity index (χ1) is 8.83. The monoisotopic (exact) mass is 244 g/mol. The van der Waals surface area contributed by atoms with Gasteiger partial charge in [0.05, 0.1) is 7.11 Å². The fourth-order valence-electron chi connectivity index (χ4n) is 4.71. The molecule has 5 unspecified atom stereocenters. The van der Waals surface area contributed by atoms with Crippen LogP contribution in [0, 0.1) is 17.8 Å². The molecule has 0 N–H and O–H groups in total. The highest BCUT2D eigenvalue weighted by Gasteiger charge is 2.57. The van der Waals surface area contributed by atoms with Crippen LogP contribution < -0.4 is 9.47 Å². The van der Waals surface area contributed by atoms with Crippen LogP contribution in [0.15, 0.2) is 18.2 Å². The molecule has 0 radical (unpaired) electrons. The Hall–Kier alpha value is -1.18. The zero-order valence-corrected chi connectivity index (χ0v) is 11.1. The largest absolute Gasteiger partial charge is 0.493 e. The van der Waals surface area contributed by atoms with Crippen LogP contribution in [0.2, 0.25) is 0 Å². The summed E-state index contributed by atoms with van der Waals surface area (Å²) in [5.74, 6) is 5.09. The van der Waals surface area contributed by atoms with Crippen molar-refractivity contribution in [1.82, 2.24) is 0 Å². The lowest BCUT2D eigenvalue weighted by Gasteiger charge is -2.29. The van der Waals surface area contributed by atoms with Crippen molar-refractivity contribution in [3.63, 3.8) is 0 Å². The van der Waals surface area contributed by atoms with Crippen LogP contribution in [-0.4, -0.2) is 13.2 Å². The summed E-state index contributed by atoms with van der Waals surface area (Å²) in [4.78, 5) is 0. The first kappa shape index (κ1) is 10.7. The number of para-hydroxylation sites is 1. The molecule has 2 heteroatoms. The Balaban J connectivity index is 1.75. The third-order valence-electron chi connectivity index (χ3n) is 5.44. The number of hydrogen-bond acceptors (Lipinski definition) is 2. The van der Waals surface area contributed by atoms with E-state index in [4.69, 9.17) is 9.47 Å². The SMILES string of the molecule is CCC1CC2CC1C1Oc3c(OC)cccc3C21. The molecule has 3 aliphatic rings. The number of ether oxygens (including phenoxy) is 2. The van der Waals surface area contributed by atoms with Crippen molar-refractivity contribution in [2.45, 2.75) is 38.2 Å². The Labute approximate surface area is 108 Å². The van der Waals surface area contributed by atoms with Gasteiger partial charge in [-0.25, -0.2) is 0 Å². The zero-order valence-electron chi connectivity index (χ0n) is 11.1. The van der Waals surface area contributed by atoms with E-state index in [1.54, 1.807) is 7.11 Å². The molecular weight excluding hydrogens is 224 g/mol. The maximum absolute atomic E-state index is 6.29. The zero-order chi connectivity index (χ0) is 12.3. The van der Waals surface area contributed by atoms with Gasteiger partial charge in [-0.15, -0.1) is 0 Å². The van der Waals surface area contributed by atoms with Gasteiger partial charge in [-0.05, 0) is 36.7 Å². The van der Waals surface area contributed by atoms with Crippen molar-refractivity contribution in [3.05, 3.63) is 23.8 Å². The fourth-order valence-corrected chi connectivity index (χ4v) is 4.71. The molecule has 0 aromatic heterocycles. The molecule has 1 aromatic rings. The summed E-state index contributed by atoms with van der Waals surface area (Å²) in [5, 5.41) is 0. The maximum Gasteiger partial charge on any atom is 0.165 e. The van der Waals surface area contributed by atoms with E-state index in [-0.39, 0.29) is 0 Å². The van der Waals surface area contributed by atoms with Crippen LogP contribution in [0.5, 0.6) is 11.5 Å². The molecule has 1 heterocycles. The molecule has 5 atom stereocenters. The Bertz CT molecular complexity index is 480. The van der Waals surface area contributed by atoms with E-state index in [2.05, 4.69) is 19.1 Å². The van der Waals surface area contributed by atoms with Crippen molar-refractivity contribution < 1.29 is 9.47 Å². The lowest BCUT2D eigenvalue weighted by Crippen LogP contribution is -2.31. The minimum Gasteiger partial charge on any atom is -0.493 e. The van der Waals surface area contributed by atoms with E-state index >= 15 is 0 Å². The Kier molecular flexibility index (Phi) is 2.18. The Morgan fingerprint density at radius 3 is 3.00 bits per heavy atom. The normalized spacial score (nSPS) is 39.3. The number of fused-ring (bicyclic) bond motifs is 7. The quantitative estimate of drug-likeness (QED) is 0.791. The molecular formula is C16H20O2. The van der Waals surface area contributed by atoms with Crippen molar-refractivity contribution in [1.29, 1.82) is 0 Å². The number of methoxy groups -OCH3 is 1. The van der Waals surface area contributed by atoms with E-state index in [9.17, 15) is 0 Å². The molecule has 2 saturated carbocycles. The summed E-state index contributed by atoms with van der Waals surface area (Å²) in [5.41, 5.74) is 1.40. The first-order valence-corrected chi connectivity index (χ1v) is 7.17. The molecule has 2 nitrogen and oxygen atoms in total. The molecule has 4 rings (SSSR count).